The van der Waals surface area contributed by atoms with Gasteiger partial charge >= 0.3 is 5.97 Å². The normalized spacial score (nSPS) is 11.8. The number of H-pyrrole nitrogens is 1. The Morgan fingerprint density at radius 2 is 1.87 bits per heavy atom. The van der Waals surface area contributed by atoms with E-state index in [1.54, 1.807) is 12.3 Å². The van der Waals surface area contributed by atoms with Crippen molar-refractivity contribution in [2.24, 2.45) is 0 Å². The molecule has 0 fully saturated rings. The largest absolute Gasteiger partial charge is 0.423 e. The van der Waals surface area contributed by atoms with Crippen LogP contribution in [0.4, 0.5) is 0 Å². The minimum atomic E-state index is -0.508. The fraction of sp³-hybridized carbons (Fsp3) is 0.0800. The van der Waals surface area contributed by atoms with Crippen molar-refractivity contribution >= 4 is 28.3 Å². The van der Waals surface area contributed by atoms with Crippen molar-refractivity contribution in [3.05, 3.63) is 103 Å². The van der Waals surface area contributed by atoms with Gasteiger partial charge in [-0.3, -0.25) is 0 Å². The number of hydrogen-bond donors (Lipinski definition) is 1. The third-order valence-corrected chi connectivity index (χ3v) is 4.83. The summed E-state index contributed by atoms with van der Waals surface area (Å²) in [5.41, 5.74) is 6.03. The van der Waals surface area contributed by atoms with Crippen molar-refractivity contribution in [2.45, 2.75) is 13.3 Å². The van der Waals surface area contributed by atoms with Crippen LogP contribution in [-0.4, -0.2) is 20.9 Å². The molecule has 2 heterocycles. The average Bonchev–Trinajstić information content (AvgIpc) is 3.26. The van der Waals surface area contributed by atoms with E-state index in [-0.39, 0.29) is 0 Å². The standard InChI is InChI=1S/C25H21N3O2/c1-3-18(17-10-6-5-7-11-17)24(21-16-27-25-20(28-21)14-15-26-25)19-12-8-9-13-22(19)30-23(29)4-2/h4-16H,2-3H2,1H3,(H,26,27)/b24-18+. The van der Waals surface area contributed by atoms with Crippen LogP contribution < -0.4 is 4.74 Å². The van der Waals surface area contributed by atoms with E-state index in [2.05, 4.69) is 35.6 Å². The van der Waals surface area contributed by atoms with Crippen LogP contribution in [0, 0.1) is 0 Å². The molecule has 5 heteroatoms. The van der Waals surface area contributed by atoms with Gasteiger partial charge in [0.1, 0.15) is 11.3 Å². The molecule has 2 aromatic heterocycles. The Bertz CT molecular complexity index is 1240. The average molecular weight is 395 g/mol. The zero-order valence-corrected chi connectivity index (χ0v) is 16.6. The van der Waals surface area contributed by atoms with E-state index >= 15 is 0 Å². The highest BCUT2D eigenvalue weighted by Crippen LogP contribution is 2.38. The molecule has 30 heavy (non-hydrogen) atoms. The summed E-state index contributed by atoms with van der Waals surface area (Å²) in [5.74, 6) is -0.0537. The summed E-state index contributed by atoms with van der Waals surface area (Å²) in [6, 6.07) is 19.5. The highest BCUT2D eigenvalue weighted by atomic mass is 16.5. The quantitative estimate of drug-likeness (QED) is 0.205. The predicted molar refractivity (Wildman–Crippen MR) is 119 cm³/mol. The van der Waals surface area contributed by atoms with Gasteiger partial charge in [-0.2, -0.15) is 0 Å². The maximum Gasteiger partial charge on any atom is 0.335 e. The van der Waals surface area contributed by atoms with Gasteiger partial charge in [-0.15, -0.1) is 0 Å². The molecule has 0 aliphatic carbocycles. The second-order valence-electron chi connectivity index (χ2n) is 6.66. The summed E-state index contributed by atoms with van der Waals surface area (Å²) in [6.45, 7) is 5.60. The van der Waals surface area contributed by atoms with Crippen LogP contribution in [0.5, 0.6) is 5.75 Å². The van der Waals surface area contributed by atoms with Gasteiger partial charge in [0.25, 0.3) is 0 Å². The maximum absolute atomic E-state index is 12.0. The molecule has 1 N–H and O–H groups in total. The van der Waals surface area contributed by atoms with Crippen molar-refractivity contribution in [3.8, 4) is 5.75 Å². The van der Waals surface area contributed by atoms with Crippen molar-refractivity contribution < 1.29 is 9.53 Å². The number of aromatic nitrogens is 3. The van der Waals surface area contributed by atoms with E-state index in [9.17, 15) is 4.79 Å². The van der Waals surface area contributed by atoms with Crippen LogP contribution in [0.15, 0.2) is 85.7 Å². The topological polar surface area (TPSA) is 67.9 Å². The fourth-order valence-electron chi connectivity index (χ4n) is 3.48. The van der Waals surface area contributed by atoms with Crippen molar-refractivity contribution in [1.29, 1.82) is 0 Å². The van der Waals surface area contributed by atoms with Gasteiger partial charge in [0, 0.05) is 23.4 Å². The van der Waals surface area contributed by atoms with Gasteiger partial charge < -0.3 is 9.72 Å². The van der Waals surface area contributed by atoms with Gasteiger partial charge in [0.2, 0.25) is 0 Å². The number of allylic oxidation sites excluding steroid dienone is 1. The first kappa shape index (κ1) is 19.3. The maximum atomic E-state index is 12.0. The molecule has 0 saturated heterocycles. The Labute approximate surface area is 174 Å². The number of esters is 1. The van der Waals surface area contributed by atoms with Crippen LogP contribution >= 0.6 is 0 Å². The molecule has 148 valence electrons. The van der Waals surface area contributed by atoms with E-state index in [1.165, 1.54) is 0 Å². The Morgan fingerprint density at radius 1 is 1.10 bits per heavy atom. The molecule has 4 rings (SSSR count). The minimum absolute atomic E-state index is 0.454. The van der Waals surface area contributed by atoms with Crippen LogP contribution in [0.25, 0.3) is 22.3 Å². The number of rotatable bonds is 6. The molecule has 0 atom stereocenters. The summed E-state index contributed by atoms with van der Waals surface area (Å²) >= 11 is 0. The summed E-state index contributed by atoms with van der Waals surface area (Å²) in [5, 5.41) is 0. The number of para-hydroxylation sites is 1. The molecule has 0 aliphatic rings. The van der Waals surface area contributed by atoms with Crippen molar-refractivity contribution in [3.63, 3.8) is 0 Å². The minimum Gasteiger partial charge on any atom is -0.423 e. The number of nitrogens with one attached hydrogen (secondary N) is 1. The molecular weight excluding hydrogens is 374 g/mol. The Morgan fingerprint density at radius 3 is 2.63 bits per heavy atom. The molecule has 0 amide bonds. The van der Waals surface area contributed by atoms with E-state index in [0.29, 0.717) is 11.4 Å². The molecule has 2 aromatic carbocycles. The Kier molecular flexibility index (Phi) is 5.52. The molecular formula is C25H21N3O2. The molecule has 0 bridgehead atoms. The van der Waals surface area contributed by atoms with Gasteiger partial charge in [0.05, 0.1) is 11.9 Å². The number of aromatic amines is 1. The van der Waals surface area contributed by atoms with Crippen LogP contribution in [0.2, 0.25) is 0 Å². The van der Waals surface area contributed by atoms with E-state index in [4.69, 9.17) is 9.72 Å². The fourth-order valence-corrected chi connectivity index (χ4v) is 3.48. The Balaban J connectivity index is 2.01. The number of nitrogens with zero attached hydrogens (tertiary/aromatic N) is 2. The lowest BCUT2D eigenvalue weighted by molar-refractivity contribution is -0.128. The lowest BCUT2D eigenvalue weighted by atomic mass is 9.90. The highest BCUT2D eigenvalue weighted by molar-refractivity contribution is 6.00. The first-order valence-corrected chi connectivity index (χ1v) is 9.74. The number of hydrogen-bond acceptors (Lipinski definition) is 4. The molecule has 0 saturated carbocycles. The van der Waals surface area contributed by atoms with E-state index < -0.39 is 5.97 Å². The first-order valence-electron chi connectivity index (χ1n) is 9.74. The SMILES string of the molecule is C=CC(=O)Oc1ccccc1/C(=C(/CC)c1ccccc1)c1cnc2[nH]ccc2n1. The molecule has 0 aliphatic heterocycles. The number of benzene rings is 2. The van der Waals surface area contributed by atoms with Gasteiger partial charge in [-0.25, -0.2) is 14.8 Å². The predicted octanol–water partition coefficient (Wildman–Crippen LogP) is 5.42. The van der Waals surface area contributed by atoms with E-state index in [0.717, 1.165) is 45.9 Å². The molecule has 4 aromatic rings. The third-order valence-electron chi connectivity index (χ3n) is 4.83. The molecule has 0 spiro atoms. The number of ether oxygens (including phenoxy) is 1. The van der Waals surface area contributed by atoms with Crippen molar-refractivity contribution in [1.82, 2.24) is 15.0 Å². The van der Waals surface area contributed by atoms with Crippen LogP contribution in [0.3, 0.4) is 0 Å². The zero-order chi connectivity index (χ0) is 20.9. The van der Waals surface area contributed by atoms with E-state index in [1.807, 2.05) is 48.7 Å². The second-order valence-corrected chi connectivity index (χ2v) is 6.66. The number of carbonyl (C=O) groups excluding carboxylic acids is 1. The zero-order valence-electron chi connectivity index (χ0n) is 16.6. The smallest absolute Gasteiger partial charge is 0.335 e. The van der Waals surface area contributed by atoms with Gasteiger partial charge in [-0.1, -0.05) is 62.0 Å². The van der Waals surface area contributed by atoms with Crippen molar-refractivity contribution in [2.75, 3.05) is 0 Å². The molecule has 0 unspecified atom stereocenters. The number of fused-ring (bicyclic) bond motifs is 1. The summed E-state index contributed by atoms with van der Waals surface area (Å²) in [7, 11) is 0. The summed E-state index contributed by atoms with van der Waals surface area (Å²) in [4.78, 5) is 24.4. The highest BCUT2D eigenvalue weighted by Gasteiger charge is 2.19. The van der Waals surface area contributed by atoms with Gasteiger partial charge in [-0.05, 0) is 29.7 Å². The van der Waals surface area contributed by atoms with Crippen LogP contribution in [-0.2, 0) is 4.79 Å². The Hall–Kier alpha value is -3.99. The third kappa shape index (κ3) is 3.78. The summed E-state index contributed by atoms with van der Waals surface area (Å²) < 4.78 is 5.55. The van der Waals surface area contributed by atoms with Crippen LogP contribution in [0.1, 0.15) is 30.2 Å². The lowest BCUT2D eigenvalue weighted by Gasteiger charge is -2.17. The van der Waals surface area contributed by atoms with Gasteiger partial charge in [0.15, 0.2) is 5.65 Å². The monoisotopic (exact) mass is 395 g/mol. The first-order chi connectivity index (χ1) is 14.7. The lowest BCUT2D eigenvalue weighted by Crippen LogP contribution is -2.07. The molecule has 5 nitrogen and oxygen atoms in total. The number of carbonyl (C=O) groups is 1. The molecule has 0 radical (unpaired) electrons. The second kappa shape index (κ2) is 8.57. The summed E-state index contributed by atoms with van der Waals surface area (Å²) in [6.07, 6.45) is 5.48.